The van der Waals surface area contributed by atoms with Crippen LogP contribution in [0.3, 0.4) is 0 Å². The first kappa shape index (κ1) is 16.7. The standard InChI is InChI=1S/C13H14N2O5S/c1-21(18,19)11-5-3-10(4-6-11)13(17)20-9-12(16)15-8-2-7-14/h3-6H,2,8-9H2,1H3,(H,15,16). The van der Waals surface area contributed by atoms with Gasteiger partial charge in [-0.15, -0.1) is 0 Å². The highest BCUT2D eigenvalue weighted by Gasteiger charge is 2.12. The number of nitriles is 1. The predicted molar refractivity (Wildman–Crippen MR) is 73.1 cm³/mol. The zero-order chi connectivity index (χ0) is 15.9. The predicted octanol–water partition coefficient (Wildman–Crippen LogP) is 0.277. The molecule has 0 unspecified atom stereocenters. The molecule has 1 amide bonds. The van der Waals surface area contributed by atoms with Gasteiger partial charge < -0.3 is 10.1 Å². The summed E-state index contributed by atoms with van der Waals surface area (Å²) in [6.07, 6.45) is 1.23. The lowest BCUT2D eigenvalue weighted by atomic mass is 10.2. The van der Waals surface area contributed by atoms with Crippen LogP contribution in [0.5, 0.6) is 0 Å². The number of esters is 1. The number of hydrogen-bond acceptors (Lipinski definition) is 6. The minimum absolute atomic E-state index is 0.0910. The van der Waals surface area contributed by atoms with Crippen molar-refractivity contribution in [3.63, 3.8) is 0 Å². The first-order chi connectivity index (χ1) is 9.84. The van der Waals surface area contributed by atoms with Gasteiger partial charge in [-0.1, -0.05) is 0 Å². The number of amides is 1. The van der Waals surface area contributed by atoms with Crippen LogP contribution in [0.15, 0.2) is 29.2 Å². The second kappa shape index (κ2) is 7.40. The summed E-state index contributed by atoms with van der Waals surface area (Å²) < 4.78 is 27.3. The third-order valence-corrected chi connectivity index (χ3v) is 3.54. The average molecular weight is 310 g/mol. The number of carbonyl (C=O) groups is 2. The van der Waals surface area contributed by atoms with Gasteiger partial charge in [0, 0.05) is 12.8 Å². The van der Waals surface area contributed by atoms with Crippen molar-refractivity contribution in [2.24, 2.45) is 0 Å². The van der Waals surface area contributed by atoms with Gasteiger partial charge in [0.2, 0.25) is 0 Å². The van der Waals surface area contributed by atoms with Gasteiger partial charge in [-0.25, -0.2) is 13.2 Å². The van der Waals surface area contributed by atoms with E-state index < -0.39 is 28.3 Å². The molecule has 7 nitrogen and oxygen atoms in total. The molecule has 1 N–H and O–H groups in total. The molecule has 0 aliphatic rings. The second-order valence-electron chi connectivity index (χ2n) is 4.13. The van der Waals surface area contributed by atoms with Gasteiger partial charge in [0.1, 0.15) is 0 Å². The van der Waals surface area contributed by atoms with Gasteiger partial charge in [0.25, 0.3) is 5.91 Å². The van der Waals surface area contributed by atoms with Crippen molar-refractivity contribution in [3.8, 4) is 6.07 Å². The van der Waals surface area contributed by atoms with Gasteiger partial charge in [0.15, 0.2) is 16.4 Å². The lowest BCUT2D eigenvalue weighted by Gasteiger charge is -2.05. The molecule has 0 bridgehead atoms. The molecular formula is C13H14N2O5S. The van der Waals surface area contributed by atoms with E-state index in [0.29, 0.717) is 0 Å². The molecule has 0 spiro atoms. The van der Waals surface area contributed by atoms with Crippen LogP contribution >= 0.6 is 0 Å². The van der Waals surface area contributed by atoms with Crippen molar-refractivity contribution in [1.29, 1.82) is 5.26 Å². The topological polar surface area (TPSA) is 113 Å². The Bertz CT molecular complexity index is 659. The number of nitrogens with one attached hydrogen (secondary N) is 1. The Morgan fingerprint density at radius 2 is 1.90 bits per heavy atom. The van der Waals surface area contributed by atoms with Crippen molar-refractivity contribution >= 4 is 21.7 Å². The number of nitrogens with zero attached hydrogens (tertiary/aromatic N) is 1. The van der Waals surface area contributed by atoms with Crippen LogP contribution in [0.25, 0.3) is 0 Å². The lowest BCUT2D eigenvalue weighted by molar-refractivity contribution is -0.124. The van der Waals surface area contributed by atoms with E-state index >= 15 is 0 Å². The van der Waals surface area contributed by atoms with Crippen molar-refractivity contribution < 1.29 is 22.7 Å². The van der Waals surface area contributed by atoms with E-state index in [2.05, 4.69) is 5.32 Å². The summed E-state index contributed by atoms with van der Waals surface area (Å²) in [7, 11) is -3.33. The fourth-order valence-corrected chi connectivity index (χ4v) is 1.99. The van der Waals surface area contributed by atoms with E-state index in [0.717, 1.165) is 6.26 Å². The van der Waals surface area contributed by atoms with Crippen LogP contribution in [0.1, 0.15) is 16.8 Å². The van der Waals surface area contributed by atoms with E-state index in [9.17, 15) is 18.0 Å². The van der Waals surface area contributed by atoms with Crippen LogP contribution in [0.2, 0.25) is 0 Å². The Hall–Kier alpha value is -2.40. The Morgan fingerprint density at radius 1 is 1.29 bits per heavy atom. The van der Waals surface area contributed by atoms with Gasteiger partial charge in [-0.2, -0.15) is 5.26 Å². The first-order valence-corrected chi connectivity index (χ1v) is 7.84. The van der Waals surface area contributed by atoms with Crippen LogP contribution in [0, 0.1) is 11.3 Å². The van der Waals surface area contributed by atoms with E-state index in [1.54, 1.807) is 0 Å². The smallest absolute Gasteiger partial charge is 0.338 e. The van der Waals surface area contributed by atoms with Crippen LogP contribution in [-0.4, -0.2) is 39.7 Å². The Morgan fingerprint density at radius 3 is 2.43 bits per heavy atom. The second-order valence-corrected chi connectivity index (χ2v) is 6.15. The Balaban J connectivity index is 2.53. The SMILES string of the molecule is CS(=O)(=O)c1ccc(C(=O)OCC(=O)NCCC#N)cc1. The van der Waals surface area contributed by atoms with Gasteiger partial charge in [-0.05, 0) is 24.3 Å². The van der Waals surface area contributed by atoms with E-state index in [1.165, 1.54) is 24.3 Å². The van der Waals surface area contributed by atoms with Crippen molar-refractivity contribution in [2.75, 3.05) is 19.4 Å². The largest absolute Gasteiger partial charge is 0.452 e. The van der Waals surface area contributed by atoms with Gasteiger partial charge >= 0.3 is 5.97 Å². The van der Waals surface area contributed by atoms with E-state index in [1.807, 2.05) is 6.07 Å². The number of ether oxygens (including phenoxy) is 1. The molecule has 0 aromatic heterocycles. The van der Waals surface area contributed by atoms with Crippen LogP contribution in [0.4, 0.5) is 0 Å². The maximum absolute atomic E-state index is 11.6. The molecule has 0 saturated heterocycles. The fraction of sp³-hybridized carbons (Fsp3) is 0.308. The number of sulfone groups is 1. The molecule has 8 heteroatoms. The molecule has 1 aromatic rings. The maximum atomic E-state index is 11.6. The molecule has 112 valence electrons. The van der Waals surface area contributed by atoms with Crippen LogP contribution < -0.4 is 5.32 Å². The monoisotopic (exact) mass is 310 g/mol. The van der Waals surface area contributed by atoms with Crippen molar-refractivity contribution in [3.05, 3.63) is 29.8 Å². The van der Waals surface area contributed by atoms with Gasteiger partial charge in [0.05, 0.1) is 22.9 Å². The highest BCUT2D eigenvalue weighted by atomic mass is 32.2. The molecule has 1 rings (SSSR count). The summed E-state index contributed by atoms with van der Waals surface area (Å²) >= 11 is 0. The van der Waals surface area contributed by atoms with E-state index in [-0.39, 0.29) is 23.4 Å². The third-order valence-electron chi connectivity index (χ3n) is 2.41. The molecule has 1 aromatic carbocycles. The fourth-order valence-electron chi connectivity index (χ4n) is 1.36. The minimum atomic E-state index is -3.33. The zero-order valence-corrected chi connectivity index (χ0v) is 12.1. The Labute approximate surface area is 122 Å². The molecule has 0 radical (unpaired) electrons. The van der Waals surface area contributed by atoms with Gasteiger partial charge in [-0.3, -0.25) is 4.79 Å². The molecule has 0 heterocycles. The minimum Gasteiger partial charge on any atom is -0.452 e. The molecule has 0 aliphatic carbocycles. The normalized spacial score (nSPS) is 10.5. The number of rotatable bonds is 6. The summed E-state index contributed by atoms with van der Waals surface area (Å²) in [6, 6.07) is 7.06. The highest BCUT2D eigenvalue weighted by molar-refractivity contribution is 7.90. The molecular weight excluding hydrogens is 296 g/mol. The van der Waals surface area contributed by atoms with E-state index in [4.69, 9.17) is 10.00 Å². The summed E-state index contributed by atoms with van der Waals surface area (Å²) in [5.41, 5.74) is 0.146. The first-order valence-electron chi connectivity index (χ1n) is 5.95. The van der Waals surface area contributed by atoms with Crippen LogP contribution in [-0.2, 0) is 19.4 Å². The maximum Gasteiger partial charge on any atom is 0.338 e. The third kappa shape index (κ3) is 5.62. The highest BCUT2D eigenvalue weighted by Crippen LogP contribution is 2.11. The summed E-state index contributed by atoms with van der Waals surface area (Å²) in [4.78, 5) is 23.0. The average Bonchev–Trinajstić information content (AvgIpc) is 2.44. The van der Waals surface area contributed by atoms with Crippen molar-refractivity contribution in [2.45, 2.75) is 11.3 Å². The molecule has 0 atom stereocenters. The number of hydrogen-bond donors (Lipinski definition) is 1. The van der Waals surface area contributed by atoms with Crippen molar-refractivity contribution in [1.82, 2.24) is 5.32 Å². The molecule has 0 fully saturated rings. The number of benzene rings is 1. The summed E-state index contributed by atoms with van der Waals surface area (Å²) in [6.45, 7) is -0.270. The number of carbonyl (C=O) groups excluding carboxylic acids is 2. The molecule has 0 aliphatic heterocycles. The summed E-state index contributed by atoms with van der Waals surface area (Å²) in [5, 5.41) is 10.7. The lowest BCUT2D eigenvalue weighted by Crippen LogP contribution is -2.29. The zero-order valence-electron chi connectivity index (χ0n) is 11.3. The summed E-state index contributed by atoms with van der Waals surface area (Å²) in [5.74, 6) is -1.24. The molecule has 21 heavy (non-hydrogen) atoms. The Kier molecular flexibility index (Phi) is 5.87. The molecule has 0 saturated carbocycles. The quantitative estimate of drug-likeness (QED) is 0.596.